The Morgan fingerprint density at radius 2 is 2.26 bits per heavy atom. The standard InChI is InChI=1S/C13H17BrN4O/c1-9(15-7-13-17-16-8-18(13)2)10-4-5-12(19-3)11(14)6-10/h4-6,8-9,15H,7H2,1-3H3. The third kappa shape index (κ3) is 3.33. The molecule has 0 spiro atoms. The number of aryl methyl sites for hydroxylation is 1. The summed E-state index contributed by atoms with van der Waals surface area (Å²) in [5.74, 6) is 1.75. The second-order valence-electron chi connectivity index (χ2n) is 4.35. The van der Waals surface area contributed by atoms with Crippen molar-refractivity contribution in [3.63, 3.8) is 0 Å². The molecular formula is C13H17BrN4O. The van der Waals surface area contributed by atoms with Crippen molar-refractivity contribution in [2.75, 3.05) is 7.11 Å². The van der Waals surface area contributed by atoms with Gasteiger partial charge in [-0.3, -0.25) is 0 Å². The predicted molar refractivity (Wildman–Crippen MR) is 77.0 cm³/mol. The van der Waals surface area contributed by atoms with Crippen LogP contribution in [0.1, 0.15) is 24.4 Å². The molecule has 102 valence electrons. The Balaban J connectivity index is 2.02. The van der Waals surface area contributed by atoms with Crippen molar-refractivity contribution in [3.05, 3.63) is 40.4 Å². The number of rotatable bonds is 5. The van der Waals surface area contributed by atoms with Gasteiger partial charge < -0.3 is 14.6 Å². The van der Waals surface area contributed by atoms with Gasteiger partial charge >= 0.3 is 0 Å². The molecule has 0 aliphatic rings. The van der Waals surface area contributed by atoms with Gasteiger partial charge in [-0.1, -0.05) is 6.07 Å². The van der Waals surface area contributed by atoms with Gasteiger partial charge in [0.15, 0.2) is 0 Å². The van der Waals surface area contributed by atoms with Crippen LogP contribution in [0.15, 0.2) is 29.0 Å². The molecule has 1 aromatic heterocycles. The maximum Gasteiger partial charge on any atom is 0.146 e. The zero-order chi connectivity index (χ0) is 13.8. The topological polar surface area (TPSA) is 52.0 Å². The molecule has 0 aliphatic carbocycles. The summed E-state index contributed by atoms with van der Waals surface area (Å²) < 4.78 is 8.09. The van der Waals surface area contributed by atoms with Gasteiger partial charge in [0.1, 0.15) is 17.9 Å². The van der Waals surface area contributed by atoms with Crippen molar-refractivity contribution < 1.29 is 4.74 Å². The SMILES string of the molecule is COc1ccc(C(C)NCc2nncn2C)cc1Br. The van der Waals surface area contributed by atoms with E-state index in [0.717, 1.165) is 16.0 Å². The molecule has 0 radical (unpaired) electrons. The van der Waals surface area contributed by atoms with Crippen molar-refractivity contribution in [1.29, 1.82) is 0 Å². The first kappa shape index (κ1) is 14.0. The van der Waals surface area contributed by atoms with Crippen LogP contribution in [0.2, 0.25) is 0 Å². The summed E-state index contributed by atoms with van der Waals surface area (Å²) in [7, 11) is 3.60. The molecule has 1 aromatic carbocycles. The van der Waals surface area contributed by atoms with Crippen LogP contribution in [0.5, 0.6) is 5.75 Å². The molecule has 1 heterocycles. The average Bonchev–Trinajstić information content (AvgIpc) is 2.81. The Morgan fingerprint density at radius 3 is 2.84 bits per heavy atom. The summed E-state index contributed by atoms with van der Waals surface area (Å²) in [5, 5.41) is 11.3. The highest BCUT2D eigenvalue weighted by molar-refractivity contribution is 9.10. The number of nitrogens with zero attached hydrogens (tertiary/aromatic N) is 3. The van der Waals surface area contributed by atoms with Crippen LogP contribution in [0.3, 0.4) is 0 Å². The van der Waals surface area contributed by atoms with E-state index in [1.165, 1.54) is 5.56 Å². The van der Waals surface area contributed by atoms with Crippen LogP contribution in [0.4, 0.5) is 0 Å². The number of ether oxygens (including phenoxy) is 1. The van der Waals surface area contributed by atoms with E-state index < -0.39 is 0 Å². The van der Waals surface area contributed by atoms with E-state index in [9.17, 15) is 0 Å². The van der Waals surface area contributed by atoms with Gasteiger partial charge in [-0.25, -0.2) is 0 Å². The molecular weight excluding hydrogens is 308 g/mol. The zero-order valence-electron chi connectivity index (χ0n) is 11.2. The molecule has 2 aromatic rings. The minimum Gasteiger partial charge on any atom is -0.496 e. The highest BCUT2D eigenvalue weighted by atomic mass is 79.9. The van der Waals surface area contributed by atoms with Gasteiger partial charge in [0, 0.05) is 13.1 Å². The summed E-state index contributed by atoms with van der Waals surface area (Å²) in [6.45, 7) is 2.80. The summed E-state index contributed by atoms with van der Waals surface area (Å²) in [6, 6.07) is 6.30. The molecule has 0 saturated carbocycles. The number of halogens is 1. The van der Waals surface area contributed by atoms with E-state index in [1.807, 2.05) is 17.7 Å². The maximum absolute atomic E-state index is 5.23. The molecule has 0 saturated heterocycles. The molecule has 0 bridgehead atoms. The van der Waals surface area contributed by atoms with Gasteiger partial charge in [0.25, 0.3) is 0 Å². The second-order valence-corrected chi connectivity index (χ2v) is 5.21. The zero-order valence-corrected chi connectivity index (χ0v) is 12.8. The van der Waals surface area contributed by atoms with Gasteiger partial charge in [-0.15, -0.1) is 10.2 Å². The lowest BCUT2D eigenvalue weighted by atomic mass is 10.1. The maximum atomic E-state index is 5.23. The normalized spacial score (nSPS) is 12.4. The van der Waals surface area contributed by atoms with Crippen LogP contribution in [0.25, 0.3) is 0 Å². The highest BCUT2D eigenvalue weighted by Crippen LogP contribution is 2.27. The van der Waals surface area contributed by atoms with Crippen molar-refractivity contribution in [2.24, 2.45) is 7.05 Å². The summed E-state index contributed by atoms with van der Waals surface area (Å²) in [5.41, 5.74) is 1.19. The summed E-state index contributed by atoms with van der Waals surface area (Å²) >= 11 is 3.50. The number of hydrogen-bond donors (Lipinski definition) is 1. The quantitative estimate of drug-likeness (QED) is 0.917. The van der Waals surface area contributed by atoms with Gasteiger partial charge in [-0.05, 0) is 40.5 Å². The van der Waals surface area contributed by atoms with E-state index in [0.29, 0.717) is 6.54 Å². The van der Waals surface area contributed by atoms with Gasteiger partial charge in [-0.2, -0.15) is 0 Å². The molecule has 1 unspecified atom stereocenters. The van der Waals surface area contributed by atoms with Crippen molar-refractivity contribution in [3.8, 4) is 5.75 Å². The predicted octanol–water partition coefficient (Wildman–Crippen LogP) is 2.44. The van der Waals surface area contributed by atoms with Crippen molar-refractivity contribution in [1.82, 2.24) is 20.1 Å². The lowest BCUT2D eigenvalue weighted by molar-refractivity contribution is 0.411. The lowest BCUT2D eigenvalue weighted by Crippen LogP contribution is -2.20. The Morgan fingerprint density at radius 1 is 1.47 bits per heavy atom. The molecule has 2 rings (SSSR count). The molecule has 0 fully saturated rings. The van der Waals surface area contributed by atoms with Crippen LogP contribution >= 0.6 is 15.9 Å². The molecule has 5 nitrogen and oxygen atoms in total. The second kappa shape index (κ2) is 6.16. The van der Waals surface area contributed by atoms with E-state index in [2.05, 4.69) is 50.5 Å². The molecule has 6 heteroatoms. The Labute approximate surface area is 121 Å². The summed E-state index contributed by atoms with van der Waals surface area (Å²) in [4.78, 5) is 0. The largest absolute Gasteiger partial charge is 0.496 e. The smallest absolute Gasteiger partial charge is 0.146 e. The van der Waals surface area contributed by atoms with Crippen LogP contribution in [0, 0.1) is 0 Å². The Hall–Kier alpha value is -1.40. The fraction of sp³-hybridized carbons (Fsp3) is 0.385. The number of nitrogens with one attached hydrogen (secondary N) is 1. The molecule has 19 heavy (non-hydrogen) atoms. The highest BCUT2D eigenvalue weighted by Gasteiger charge is 2.09. The van der Waals surface area contributed by atoms with Crippen LogP contribution in [-0.2, 0) is 13.6 Å². The molecule has 1 N–H and O–H groups in total. The average molecular weight is 325 g/mol. The van der Waals surface area contributed by atoms with Gasteiger partial charge in [0.05, 0.1) is 18.1 Å². The van der Waals surface area contributed by atoms with Crippen molar-refractivity contribution in [2.45, 2.75) is 19.5 Å². The third-order valence-electron chi connectivity index (χ3n) is 3.05. The number of benzene rings is 1. The minimum atomic E-state index is 0.221. The third-order valence-corrected chi connectivity index (χ3v) is 3.67. The first-order chi connectivity index (χ1) is 9.11. The molecule has 0 amide bonds. The number of hydrogen-bond acceptors (Lipinski definition) is 4. The Kier molecular flexibility index (Phi) is 4.55. The fourth-order valence-corrected chi connectivity index (χ4v) is 2.34. The Bertz CT molecular complexity index is 555. The lowest BCUT2D eigenvalue weighted by Gasteiger charge is -2.15. The molecule has 1 atom stereocenters. The number of aromatic nitrogens is 3. The van der Waals surface area contributed by atoms with E-state index >= 15 is 0 Å². The van der Waals surface area contributed by atoms with Crippen LogP contribution in [-0.4, -0.2) is 21.9 Å². The van der Waals surface area contributed by atoms with Crippen molar-refractivity contribution >= 4 is 15.9 Å². The minimum absolute atomic E-state index is 0.221. The van der Waals surface area contributed by atoms with Gasteiger partial charge in [0.2, 0.25) is 0 Å². The monoisotopic (exact) mass is 324 g/mol. The van der Waals surface area contributed by atoms with Crippen LogP contribution < -0.4 is 10.1 Å². The first-order valence-electron chi connectivity index (χ1n) is 6.01. The number of methoxy groups -OCH3 is 1. The molecule has 0 aliphatic heterocycles. The van der Waals surface area contributed by atoms with E-state index in [-0.39, 0.29) is 6.04 Å². The van der Waals surface area contributed by atoms with E-state index in [4.69, 9.17) is 4.74 Å². The summed E-state index contributed by atoms with van der Waals surface area (Å²) in [6.07, 6.45) is 1.70. The fourth-order valence-electron chi connectivity index (χ4n) is 1.78. The first-order valence-corrected chi connectivity index (χ1v) is 6.81. The van der Waals surface area contributed by atoms with E-state index in [1.54, 1.807) is 13.4 Å².